The minimum atomic E-state index is -0.450. The molecule has 0 aliphatic heterocycles. The monoisotopic (exact) mass is 284 g/mol. The second kappa shape index (κ2) is 6.84. The molecular weight excluding hydrogens is 268 g/mol. The molecule has 1 aromatic carbocycles. The number of nitrogens with zero attached hydrogens (tertiary/aromatic N) is 1. The van der Waals surface area contributed by atoms with Gasteiger partial charge in [0.1, 0.15) is 0 Å². The fourth-order valence-corrected chi connectivity index (χ4v) is 1.94. The van der Waals surface area contributed by atoms with Crippen molar-refractivity contribution in [3.05, 3.63) is 38.9 Å². The van der Waals surface area contributed by atoms with E-state index in [0.29, 0.717) is 18.2 Å². The van der Waals surface area contributed by atoms with Crippen LogP contribution >= 0.6 is 11.6 Å². The van der Waals surface area contributed by atoms with Gasteiger partial charge in [-0.05, 0) is 30.4 Å². The van der Waals surface area contributed by atoms with E-state index in [4.69, 9.17) is 16.3 Å². The first-order valence-electron chi connectivity index (χ1n) is 6.38. The number of nitrogens with one attached hydrogen (secondary N) is 1. The number of non-ortho nitro benzene ring substituents is 1. The third-order valence-electron chi connectivity index (χ3n) is 3.04. The molecule has 0 atom stereocenters. The number of hydrogen-bond donors (Lipinski definition) is 1. The molecule has 2 rings (SSSR count). The average molecular weight is 285 g/mol. The molecule has 0 bridgehead atoms. The highest BCUT2D eigenvalue weighted by Crippen LogP contribution is 2.28. The fraction of sp³-hybridized carbons (Fsp3) is 0.538. The van der Waals surface area contributed by atoms with Gasteiger partial charge in [-0.3, -0.25) is 10.1 Å². The highest BCUT2D eigenvalue weighted by molar-refractivity contribution is 6.31. The molecule has 1 saturated carbocycles. The van der Waals surface area contributed by atoms with Crippen molar-refractivity contribution in [2.24, 2.45) is 5.92 Å². The van der Waals surface area contributed by atoms with Gasteiger partial charge in [-0.25, -0.2) is 0 Å². The molecule has 1 fully saturated rings. The number of hydrogen-bond acceptors (Lipinski definition) is 4. The van der Waals surface area contributed by atoms with Gasteiger partial charge < -0.3 is 10.1 Å². The summed E-state index contributed by atoms with van der Waals surface area (Å²) in [6, 6.07) is 4.52. The van der Waals surface area contributed by atoms with E-state index in [0.717, 1.165) is 24.6 Å². The van der Waals surface area contributed by atoms with Crippen LogP contribution in [0.2, 0.25) is 5.02 Å². The number of nitro groups is 1. The molecule has 1 aliphatic rings. The van der Waals surface area contributed by atoms with E-state index >= 15 is 0 Å². The van der Waals surface area contributed by atoms with Crippen molar-refractivity contribution >= 4 is 17.3 Å². The van der Waals surface area contributed by atoms with Gasteiger partial charge >= 0.3 is 0 Å². The highest BCUT2D eigenvalue weighted by Gasteiger charge is 2.20. The summed E-state index contributed by atoms with van der Waals surface area (Å²) >= 11 is 5.99. The van der Waals surface area contributed by atoms with Gasteiger partial charge in [0.15, 0.2) is 0 Å². The fourth-order valence-electron chi connectivity index (χ4n) is 1.70. The smallest absolute Gasteiger partial charge is 0.270 e. The van der Waals surface area contributed by atoms with E-state index < -0.39 is 4.92 Å². The van der Waals surface area contributed by atoms with Crippen molar-refractivity contribution in [3.63, 3.8) is 0 Å². The van der Waals surface area contributed by atoms with Crippen LogP contribution in [0.4, 0.5) is 5.69 Å². The van der Waals surface area contributed by atoms with Crippen molar-refractivity contribution in [3.8, 4) is 0 Å². The third-order valence-corrected chi connectivity index (χ3v) is 3.39. The van der Waals surface area contributed by atoms with Crippen molar-refractivity contribution in [1.82, 2.24) is 5.32 Å². The van der Waals surface area contributed by atoms with Gasteiger partial charge in [0.2, 0.25) is 0 Å². The van der Waals surface area contributed by atoms with Crippen molar-refractivity contribution in [2.45, 2.75) is 19.4 Å². The minimum Gasteiger partial charge on any atom is -0.380 e. The van der Waals surface area contributed by atoms with Gasteiger partial charge in [0.25, 0.3) is 5.69 Å². The quantitative estimate of drug-likeness (QED) is 0.453. The minimum absolute atomic E-state index is 0.0153. The van der Waals surface area contributed by atoms with E-state index in [1.807, 2.05) is 0 Å². The van der Waals surface area contributed by atoms with Crippen LogP contribution < -0.4 is 5.32 Å². The predicted octanol–water partition coefficient (Wildman–Crippen LogP) is 2.76. The summed E-state index contributed by atoms with van der Waals surface area (Å²) in [6.45, 7) is 2.88. The molecule has 0 unspecified atom stereocenters. The van der Waals surface area contributed by atoms with Gasteiger partial charge in [-0.1, -0.05) is 11.6 Å². The number of ether oxygens (including phenoxy) is 1. The van der Waals surface area contributed by atoms with E-state index in [9.17, 15) is 10.1 Å². The molecule has 104 valence electrons. The Morgan fingerprint density at radius 1 is 1.47 bits per heavy atom. The average Bonchev–Trinajstić information content (AvgIpc) is 3.19. The van der Waals surface area contributed by atoms with Crippen LogP contribution in [0, 0.1) is 16.0 Å². The Balaban J connectivity index is 1.68. The maximum atomic E-state index is 10.6. The first-order chi connectivity index (χ1) is 9.16. The normalized spacial score (nSPS) is 14.6. The molecule has 1 N–H and O–H groups in total. The second-order valence-electron chi connectivity index (χ2n) is 4.73. The Kier molecular flexibility index (Phi) is 5.13. The summed E-state index contributed by atoms with van der Waals surface area (Å²) in [4.78, 5) is 10.1. The summed E-state index contributed by atoms with van der Waals surface area (Å²) in [5.41, 5.74) is 0.871. The molecule has 0 radical (unpaired) electrons. The molecule has 0 amide bonds. The molecule has 6 heteroatoms. The van der Waals surface area contributed by atoms with Crippen molar-refractivity contribution in [2.75, 3.05) is 19.8 Å². The lowest BCUT2D eigenvalue weighted by Crippen LogP contribution is -2.20. The number of rotatable bonds is 8. The van der Waals surface area contributed by atoms with Crippen molar-refractivity contribution < 1.29 is 9.66 Å². The largest absolute Gasteiger partial charge is 0.380 e. The number of halogens is 1. The zero-order chi connectivity index (χ0) is 13.7. The highest BCUT2D eigenvalue weighted by atomic mass is 35.5. The van der Waals surface area contributed by atoms with E-state index in [1.54, 1.807) is 6.07 Å². The topological polar surface area (TPSA) is 64.4 Å². The summed E-state index contributed by atoms with van der Waals surface area (Å²) in [5.74, 6) is 0.782. The van der Waals surface area contributed by atoms with E-state index in [-0.39, 0.29) is 5.69 Å². The SMILES string of the molecule is O=[N+]([O-])c1ccc(CNCCOCC2CC2)c(Cl)c1. The van der Waals surface area contributed by atoms with Crippen LogP contribution in [-0.4, -0.2) is 24.7 Å². The Labute approximate surface area is 117 Å². The summed E-state index contributed by atoms with van der Waals surface area (Å²) in [5, 5.41) is 14.2. The molecular formula is C13H17ClN2O3. The van der Waals surface area contributed by atoms with E-state index in [2.05, 4.69) is 5.32 Å². The van der Waals surface area contributed by atoms with Crippen LogP contribution in [0.25, 0.3) is 0 Å². The molecule has 1 aromatic rings. The van der Waals surface area contributed by atoms with Crippen molar-refractivity contribution in [1.29, 1.82) is 0 Å². The zero-order valence-electron chi connectivity index (χ0n) is 10.6. The molecule has 19 heavy (non-hydrogen) atoms. The first-order valence-corrected chi connectivity index (χ1v) is 6.76. The number of nitro benzene ring substituents is 1. The third kappa shape index (κ3) is 4.78. The molecule has 0 heterocycles. The summed E-state index contributed by atoms with van der Waals surface area (Å²) in [6.07, 6.45) is 2.59. The van der Waals surface area contributed by atoms with Crippen LogP contribution in [0.15, 0.2) is 18.2 Å². The lowest BCUT2D eigenvalue weighted by Gasteiger charge is -2.07. The molecule has 0 spiro atoms. The maximum absolute atomic E-state index is 10.6. The van der Waals surface area contributed by atoms with Crippen LogP contribution in [0.3, 0.4) is 0 Å². The summed E-state index contributed by atoms with van der Waals surface area (Å²) in [7, 11) is 0. The summed E-state index contributed by atoms with van der Waals surface area (Å²) < 4.78 is 5.49. The molecule has 0 saturated heterocycles. The van der Waals surface area contributed by atoms with Gasteiger partial charge in [-0.15, -0.1) is 0 Å². The van der Waals surface area contributed by atoms with Crippen LogP contribution in [-0.2, 0) is 11.3 Å². The number of benzene rings is 1. The Morgan fingerprint density at radius 3 is 2.89 bits per heavy atom. The lowest BCUT2D eigenvalue weighted by molar-refractivity contribution is -0.384. The van der Waals surface area contributed by atoms with Gasteiger partial charge in [0, 0.05) is 31.8 Å². The molecule has 0 aromatic heterocycles. The molecule has 5 nitrogen and oxygen atoms in total. The lowest BCUT2D eigenvalue weighted by atomic mass is 10.2. The van der Waals surface area contributed by atoms with Crippen LogP contribution in [0.5, 0.6) is 0 Å². The molecule has 1 aliphatic carbocycles. The zero-order valence-corrected chi connectivity index (χ0v) is 11.4. The maximum Gasteiger partial charge on any atom is 0.270 e. The standard InChI is InChI=1S/C13H17ClN2O3/c14-13-7-12(16(17)18)4-3-11(13)8-15-5-6-19-9-10-1-2-10/h3-4,7,10,15H,1-2,5-6,8-9H2. The Morgan fingerprint density at radius 2 is 2.26 bits per heavy atom. The Bertz CT molecular complexity index is 450. The van der Waals surface area contributed by atoms with Gasteiger partial charge in [-0.2, -0.15) is 0 Å². The van der Waals surface area contributed by atoms with Gasteiger partial charge in [0.05, 0.1) is 16.6 Å². The Hall–Kier alpha value is -1.17. The second-order valence-corrected chi connectivity index (χ2v) is 5.14. The van der Waals surface area contributed by atoms with Crippen LogP contribution in [0.1, 0.15) is 18.4 Å². The first kappa shape index (κ1) is 14.2. The van der Waals surface area contributed by atoms with E-state index in [1.165, 1.54) is 25.0 Å². The predicted molar refractivity (Wildman–Crippen MR) is 73.4 cm³/mol.